The molecule has 0 saturated carbocycles. The predicted molar refractivity (Wildman–Crippen MR) is 96.0 cm³/mol. The molecular formula is C19H16N2O3S. The van der Waals surface area contributed by atoms with E-state index in [1.54, 1.807) is 0 Å². The molecule has 25 heavy (non-hydrogen) atoms. The molecule has 1 aromatic heterocycles. The summed E-state index contributed by atoms with van der Waals surface area (Å²) in [6, 6.07) is 16.9. The lowest BCUT2D eigenvalue weighted by Crippen LogP contribution is -2.33. The summed E-state index contributed by atoms with van der Waals surface area (Å²) in [6.45, 7) is 0.284. The molecule has 2 heterocycles. The van der Waals surface area contributed by atoms with Crippen molar-refractivity contribution in [2.75, 3.05) is 11.4 Å². The van der Waals surface area contributed by atoms with Crippen molar-refractivity contribution >= 4 is 15.7 Å². The molecule has 126 valence electrons. The number of fused-ring (bicyclic) bond motifs is 3. The van der Waals surface area contributed by atoms with E-state index in [1.165, 1.54) is 29.9 Å². The molecule has 2 aromatic carbocycles. The zero-order valence-corrected chi connectivity index (χ0v) is 14.4. The Morgan fingerprint density at radius 1 is 1.00 bits per heavy atom. The second-order valence-electron chi connectivity index (χ2n) is 5.75. The zero-order chi connectivity index (χ0) is 17.4. The summed E-state index contributed by atoms with van der Waals surface area (Å²) in [5.41, 5.74) is 3.61. The van der Waals surface area contributed by atoms with Crippen LogP contribution in [0.2, 0.25) is 0 Å². The van der Waals surface area contributed by atoms with Crippen molar-refractivity contribution in [3.05, 3.63) is 72.6 Å². The van der Waals surface area contributed by atoms with Gasteiger partial charge < -0.3 is 4.74 Å². The number of aromatic nitrogens is 1. The minimum absolute atomic E-state index is 0.112. The number of sulfonamides is 1. The Bertz CT molecular complexity index is 1050. The minimum Gasteiger partial charge on any atom is -0.495 e. The van der Waals surface area contributed by atoms with Gasteiger partial charge in [0.25, 0.3) is 10.0 Å². The maximum absolute atomic E-state index is 13.3. The first-order valence-corrected chi connectivity index (χ1v) is 9.24. The molecule has 1 aliphatic heterocycles. The first-order valence-electron chi connectivity index (χ1n) is 7.80. The average molecular weight is 352 g/mol. The fourth-order valence-electron chi connectivity index (χ4n) is 3.07. The number of para-hydroxylation sites is 1. The lowest BCUT2D eigenvalue weighted by Gasteiger charge is -2.32. The summed E-state index contributed by atoms with van der Waals surface area (Å²) in [6.07, 6.45) is 2.83. The number of pyridine rings is 1. The average Bonchev–Trinajstić information content (AvgIpc) is 2.67. The molecular weight excluding hydrogens is 336 g/mol. The Morgan fingerprint density at radius 3 is 2.52 bits per heavy atom. The summed E-state index contributed by atoms with van der Waals surface area (Å²) in [5.74, 6) is 0.409. The molecule has 0 atom stereocenters. The highest BCUT2D eigenvalue weighted by Crippen LogP contribution is 2.41. The summed E-state index contributed by atoms with van der Waals surface area (Å²) in [7, 11) is -2.27. The number of benzene rings is 2. The molecule has 0 saturated heterocycles. The number of rotatable bonds is 3. The van der Waals surface area contributed by atoms with Crippen LogP contribution in [0.5, 0.6) is 5.75 Å². The van der Waals surface area contributed by atoms with Crippen LogP contribution >= 0.6 is 0 Å². The number of hydrogen-bond acceptors (Lipinski definition) is 4. The number of ether oxygens (including phenoxy) is 1. The molecule has 0 spiro atoms. The number of hydrogen-bond donors (Lipinski definition) is 0. The summed E-state index contributed by atoms with van der Waals surface area (Å²) in [4.78, 5) is 4.10. The Labute approximate surface area is 146 Å². The van der Waals surface area contributed by atoms with Gasteiger partial charge in [-0.25, -0.2) is 8.42 Å². The molecule has 0 unspecified atom stereocenters. The van der Waals surface area contributed by atoms with Gasteiger partial charge in [-0.2, -0.15) is 0 Å². The van der Waals surface area contributed by atoms with Crippen molar-refractivity contribution in [1.82, 2.24) is 4.98 Å². The van der Waals surface area contributed by atoms with Gasteiger partial charge >= 0.3 is 0 Å². The van der Waals surface area contributed by atoms with E-state index in [0.29, 0.717) is 11.4 Å². The maximum Gasteiger partial charge on any atom is 0.266 e. The molecule has 0 radical (unpaired) electrons. The topological polar surface area (TPSA) is 59.5 Å². The first-order chi connectivity index (χ1) is 12.1. The van der Waals surface area contributed by atoms with Crippen molar-refractivity contribution in [2.24, 2.45) is 0 Å². The quantitative estimate of drug-likeness (QED) is 0.724. The van der Waals surface area contributed by atoms with Crippen molar-refractivity contribution in [1.29, 1.82) is 0 Å². The van der Waals surface area contributed by atoms with E-state index in [4.69, 9.17) is 4.74 Å². The van der Waals surface area contributed by atoms with Gasteiger partial charge in [-0.3, -0.25) is 9.29 Å². The van der Waals surface area contributed by atoms with E-state index in [1.807, 2.05) is 48.5 Å². The van der Waals surface area contributed by atoms with E-state index in [0.717, 1.165) is 16.7 Å². The molecule has 6 heteroatoms. The van der Waals surface area contributed by atoms with Crippen LogP contribution in [-0.4, -0.2) is 20.5 Å². The molecule has 0 fully saturated rings. The van der Waals surface area contributed by atoms with Crippen LogP contribution in [0.3, 0.4) is 0 Å². The number of anilines is 1. The highest BCUT2D eigenvalue weighted by Gasteiger charge is 2.31. The number of methoxy groups -OCH3 is 1. The molecule has 0 N–H and O–H groups in total. The van der Waals surface area contributed by atoms with Crippen LogP contribution in [0.4, 0.5) is 5.69 Å². The van der Waals surface area contributed by atoms with E-state index < -0.39 is 10.0 Å². The third-order valence-corrected chi connectivity index (χ3v) is 6.03. The Hall–Kier alpha value is -2.86. The highest BCUT2D eigenvalue weighted by atomic mass is 32.2. The van der Waals surface area contributed by atoms with Gasteiger partial charge in [-0.05, 0) is 17.2 Å². The van der Waals surface area contributed by atoms with Crippen molar-refractivity contribution in [3.63, 3.8) is 0 Å². The summed E-state index contributed by atoms with van der Waals surface area (Å²) in [5, 5.41) is 0. The highest BCUT2D eigenvalue weighted by molar-refractivity contribution is 7.92. The Kier molecular flexibility index (Phi) is 3.69. The third kappa shape index (κ3) is 2.55. The second-order valence-corrected chi connectivity index (χ2v) is 7.61. The van der Waals surface area contributed by atoms with Gasteiger partial charge in [0.05, 0.1) is 25.5 Å². The van der Waals surface area contributed by atoms with Gasteiger partial charge in [0.15, 0.2) is 0 Å². The maximum atomic E-state index is 13.3. The smallest absolute Gasteiger partial charge is 0.266 e. The Morgan fingerprint density at radius 2 is 1.72 bits per heavy atom. The van der Waals surface area contributed by atoms with Gasteiger partial charge in [0, 0.05) is 17.8 Å². The zero-order valence-electron chi connectivity index (χ0n) is 13.6. The fraction of sp³-hybridized carbons (Fsp3) is 0.105. The number of nitrogens with zero attached hydrogens (tertiary/aromatic N) is 2. The van der Waals surface area contributed by atoms with E-state index in [9.17, 15) is 8.42 Å². The van der Waals surface area contributed by atoms with E-state index in [2.05, 4.69) is 4.98 Å². The van der Waals surface area contributed by atoms with E-state index >= 15 is 0 Å². The van der Waals surface area contributed by atoms with E-state index in [-0.39, 0.29) is 11.4 Å². The molecule has 4 rings (SSSR count). The van der Waals surface area contributed by atoms with Crippen LogP contribution in [0.25, 0.3) is 11.1 Å². The summed E-state index contributed by atoms with van der Waals surface area (Å²) < 4.78 is 33.1. The third-order valence-electron chi connectivity index (χ3n) is 4.31. The van der Waals surface area contributed by atoms with Crippen LogP contribution in [0.15, 0.2) is 71.9 Å². The van der Waals surface area contributed by atoms with Crippen LogP contribution in [0.1, 0.15) is 5.56 Å². The Balaban J connectivity index is 1.89. The lowest BCUT2D eigenvalue weighted by molar-refractivity contribution is 0.411. The SMILES string of the molecule is COc1cncc(S(=O)(=O)N2Cc3ccccc3-c3ccccc32)c1. The molecule has 5 nitrogen and oxygen atoms in total. The van der Waals surface area contributed by atoms with Crippen LogP contribution < -0.4 is 9.04 Å². The van der Waals surface area contributed by atoms with Crippen LogP contribution in [-0.2, 0) is 16.6 Å². The van der Waals surface area contributed by atoms with Gasteiger partial charge in [0.2, 0.25) is 0 Å². The predicted octanol–water partition coefficient (Wildman–Crippen LogP) is 3.47. The minimum atomic E-state index is -3.76. The van der Waals surface area contributed by atoms with Gasteiger partial charge in [0.1, 0.15) is 10.6 Å². The molecule has 0 aliphatic carbocycles. The molecule has 0 amide bonds. The standard InChI is InChI=1S/C19H16N2O3S/c1-24-15-10-16(12-20-11-15)25(22,23)21-13-14-6-2-3-7-17(14)18-8-4-5-9-19(18)21/h2-12H,13H2,1H3. The van der Waals surface area contributed by atoms with Crippen molar-refractivity contribution < 1.29 is 13.2 Å². The summed E-state index contributed by atoms with van der Waals surface area (Å²) >= 11 is 0. The van der Waals surface area contributed by atoms with Crippen molar-refractivity contribution in [3.8, 4) is 16.9 Å². The molecule has 1 aliphatic rings. The fourth-order valence-corrected chi connectivity index (χ4v) is 4.51. The molecule has 3 aromatic rings. The van der Waals surface area contributed by atoms with Crippen LogP contribution in [0, 0.1) is 0 Å². The first kappa shape index (κ1) is 15.7. The lowest BCUT2D eigenvalue weighted by atomic mass is 9.95. The largest absolute Gasteiger partial charge is 0.495 e. The second kappa shape index (κ2) is 5.89. The van der Waals surface area contributed by atoms with Gasteiger partial charge in [-0.1, -0.05) is 42.5 Å². The van der Waals surface area contributed by atoms with Crippen molar-refractivity contribution in [2.45, 2.75) is 11.4 Å². The monoisotopic (exact) mass is 352 g/mol. The normalized spacial score (nSPS) is 13.1. The molecule has 0 bridgehead atoms. The van der Waals surface area contributed by atoms with Gasteiger partial charge in [-0.15, -0.1) is 0 Å².